The fraction of sp³-hybridized carbons (Fsp3) is 0.500. The van der Waals surface area contributed by atoms with Crippen LogP contribution in [0.3, 0.4) is 0 Å². The van der Waals surface area contributed by atoms with E-state index in [0.717, 1.165) is 17.5 Å². The van der Waals surface area contributed by atoms with Crippen molar-refractivity contribution in [3.63, 3.8) is 0 Å². The van der Waals surface area contributed by atoms with Gasteiger partial charge in [0.25, 0.3) is 0 Å². The van der Waals surface area contributed by atoms with E-state index >= 15 is 0 Å². The smallest absolute Gasteiger partial charge is 0.330 e. The molecular formula is C16H21NO3. The number of carbonyl (C=O) groups is 2. The number of nitrogens with one attached hydrogen (secondary N) is 1. The van der Waals surface area contributed by atoms with Crippen molar-refractivity contribution in [2.24, 2.45) is 5.92 Å². The summed E-state index contributed by atoms with van der Waals surface area (Å²) < 4.78 is 0. The quantitative estimate of drug-likeness (QED) is 0.839. The molecule has 1 fully saturated rings. The molecule has 0 heterocycles. The van der Waals surface area contributed by atoms with E-state index in [2.05, 4.69) is 5.32 Å². The first-order chi connectivity index (χ1) is 9.45. The first kappa shape index (κ1) is 14.6. The molecule has 4 nitrogen and oxygen atoms in total. The highest BCUT2D eigenvalue weighted by molar-refractivity contribution is 5.84. The molecule has 0 spiro atoms. The van der Waals surface area contributed by atoms with Crippen LogP contribution in [0.5, 0.6) is 0 Å². The summed E-state index contributed by atoms with van der Waals surface area (Å²) in [5.74, 6) is -0.525. The number of hydrogen-bond donors (Lipinski definition) is 2. The Morgan fingerprint density at radius 3 is 2.35 bits per heavy atom. The zero-order chi connectivity index (χ0) is 14.7. The topological polar surface area (TPSA) is 66.4 Å². The highest BCUT2D eigenvalue weighted by Crippen LogP contribution is 2.33. The maximum absolute atomic E-state index is 11.9. The van der Waals surface area contributed by atoms with Crippen molar-refractivity contribution in [1.29, 1.82) is 0 Å². The van der Waals surface area contributed by atoms with Crippen molar-refractivity contribution < 1.29 is 14.7 Å². The Kier molecular flexibility index (Phi) is 4.42. The molecule has 1 unspecified atom stereocenters. The highest BCUT2D eigenvalue weighted by atomic mass is 16.4. The molecule has 1 aliphatic rings. The number of aryl methyl sites for hydroxylation is 2. The lowest BCUT2D eigenvalue weighted by Gasteiger charge is -2.16. The van der Waals surface area contributed by atoms with Crippen molar-refractivity contribution in [3.8, 4) is 0 Å². The number of amides is 1. The number of carbonyl (C=O) groups excluding carboxylic acids is 1. The van der Waals surface area contributed by atoms with Crippen LogP contribution >= 0.6 is 0 Å². The van der Waals surface area contributed by atoms with Crippen molar-refractivity contribution in [3.05, 3.63) is 34.9 Å². The van der Waals surface area contributed by atoms with Gasteiger partial charge in [0, 0.05) is 6.42 Å². The van der Waals surface area contributed by atoms with Crippen molar-refractivity contribution >= 4 is 11.9 Å². The molecular weight excluding hydrogens is 254 g/mol. The SMILES string of the molecule is Cc1cc(C)cc(C(NC(=O)CCC2CC2)C(=O)O)c1. The summed E-state index contributed by atoms with van der Waals surface area (Å²) >= 11 is 0. The van der Waals surface area contributed by atoms with Crippen LogP contribution < -0.4 is 5.32 Å². The van der Waals surface area contributed by atoms with E-state index < -0.39 is 12.0 Å². The van der Waals surface area contributed by atoms with Crippen LogP contribution in [0.1, 0.15) is 48.4 Å². The second-order valence-corrected chi connectivity index (χ2v) is 5.74. The maximum atomic E-state index is 11.9. The lowest BCUT2D eigenvalue weighted by Crippen LogP contribution is -2.33. The number of rotatable bonds is 6. The van der Waals surface area contributed by atoms with Crippen molar-refractivity contribution in [1.82, 2.24) is 5.32 Å². The normalized spacial score (nSPS) is 15.7. The van der Waals surface area contributed by atoms with Gasteiger partial charge in [0.15, 0.2) is 6.04 Å². The zero-order valence-corrected chi connectivity index (χ0v) is 12.0. The molecule has 1 aliphatic carbocycles. The summed E-state index contributed by atoms with van der Waals surface area (Å²) in [7, 11) is 0. The van der Waals surface area contributed by atoms with Gasteiger partial charge in [-0.05, 0) is 31.7 Å². The van der Waals surface area contributed by atoms with Crippen LogP contribution in [0.15, 0.2) is 18.2 Å². The van der Waals surface area contributed by atoms with E-state index in [0.29, 0.717) is 17.9 Å². The molecule has 1 amide bonds. The minimum absolute atomic E-state index is 0.177. The van der Waals surface area contributed by atoms with E-state index in [1.807, 2.05) is 32.0 Å². The molecule has 108 valence electrons. The molecule has 1 aromatic rings. The Labute approximate surface area is 119 Å². The van der Waals surface area contributed by atoms with Crippen LogP contribution in [-0.2, 0) is 9.59 Å². The van der Waals surface area contributed by atoms with Gasteiger partial charge in [-0.25, -0.2) is 4.79 Å². The average molecular weight is 275 g/mol. The summed E-state index contributed by atoms with van der Waals surface area (Å²) in [5, 5.41) is 12.0. The van der Waals surface area contributed by atoms with Gasteiger partial charge in [0.1, 0.15) is 0 Å². The minimum atomic E-state index is -1.02. The lowest BCUT2D eigenvalue weighted by molar-refractivity contribution is -0.142. The minimum Gasteiger partial charge on any atom is -0.479 e. The van der Waals surface area contributed by atoms with Crippen LogP contribution in [0.4, 0.5) is 0 Å². The molecule has 0 bridgehead atoms. The van der Waals surface area contributed by atoms with Crippen molar-refractivity contribution in [2.45, 2.75) is 45.6 Å². The third-order valence-electron chi connectivity index (χ3n) is 3.61. The van der Waals surface area contributed by atoms with Crippen LogP contribution in [-0.4, -0.2) is 17.0 Å². The van der Waals surface area contributed by atoms with Gasteiger partial charge in [0.05, 0.1) is 0 Å². The fourth-order valence-corrected chi connectivity index (χ4v) is 2.44. The first-order valence-corrected chi connectivity index (χ1v) is 7.06. The van der Waals surface area contributed by atoms with E-state index in [1.54, 1.807) is 0 Å². The molecule has 4 heteroatoms. The largest absolute Gasteiger partial charge is 0.479 e. The molecule has 20 heavy (non-hydrogen) atoms. The molecule has 0 saturated heterocycles. The van der Waals surface area contributed by atoms with E-state index in [1.165, 1.54) is 12.8 Å². The monoisotopic (exact) mass is 275 g/mol. The molecule has 1 atom stereocenters. The first-order valence-electron chi connectivity index (χ1n) is 7.06. The van der Waals surface area contributed by atoms with Gasteiger partial charge in [-0.2, -0.15) is 0 Å². The van der Waals surface area contributed by atoms with Crippen LogP contribution in [0.25, 0.3) is 0 Å². The highest BCUT2D eigenvalue weighted by Gasteiger charge is 2.25. The Hall–Kier alpha value is -1.84. The van der Waals surface area contributed by atoms with Crippen LogP contribution in [0.2, 0.25) is 0 Å². The second-order valence-electron chi connectivity index (χ2n) is 5.74. The predicted molar refractivity (Wildman–Crippen MR) is 76.4 cm³/mol. The number of hydrogen-bond acceptors (Lipinski definition) is 2. The predicted octanol–water partition coefficient (Wildman–Crippen LogP) is 2.74. The lowest BCUT2D eigenvalue weighted by atomic mass is 10.0. The number of aliphatic carboxylic acids is 1. The van der Waals surface area contributed by atoms with Gasteiger partial charge < -0.3 is 10.4 Å². The molecule has 0 aliphatic heterocycles. The maximum Gasteiger partial charge on any atom is 0.330 e. The van der Waals surface area contributed by atoms with E-state index in [9.17, 15) is 14.7 Å². The molecule has 2 N–H and O–H groups in total. The second kappa shape index (κ2) is 6.07. The third-order valence-corrected chi connectivity index (χ3v) is 3.61. The Balaban J connectivity index is 2.05. The number of carboxylic acid groups (broad SMARTS) is 1. The molecule has 0 aromatic heterocycles. The van der Waals surface area contributed by atoms with Gasteiger partial charge in [-0.3, -0.25) is 4.79 Å². The number of benzene rings is 1. The summed E-state index contributed by atoms with van der Waals surface area (Å²) in [6.07, 6.45) is 3.68. The van der Waals surface area contributed by atoms with Gasteiger partial charge in [-0.1, -0.05) is 42.2 Å². The summed E-state index contributed by atoms with van der Waals surface area (Å²) in [6, 6.07) is 4.65. The summed E-state index contributed by atoms with van der Waals surface area (Å²) in [5.41, 5.74) is 2.63. The van der Waals surface area contributed by atoms with E-state index in [-0.39, 0.29) is 5.91 Å². The zero-order valence-electron chi connectivity index (χ0n) is 12.0. The van der Waals surface area contributed by atoms with Gasteiger partial charge >= 0.3 is 5.97 Å². The Bertz CT molecular complexity index is 500. The van der Waals surface area contributed by atoms with E-state index in [4.69, 9.17) is 0 Å². The molecule has 1 aromatic carbocycles. The molecule has 1 saturated carbocycles. The van der Waals surface area contributed by atoms with Gasteiger partial charge in [-0.15, -0.1) is 0 Å². The third kappa shape index (κ3) is 4.08. The Morgan fingerprint density at radius 2 is 1.85 bits per heavy atom. The summed E-state index contributed by atoms with van der Waals surface area (Å²) in [4.78, 5) is 23.3. The van der Waals surface area contributed by atoms with Gasteiger partial charge in [0.2, 0.25) is 5.91 Å². The fourth-order valence-electron chi connectivity index (χ4n) is 2.44. The average Bonchev–Trinajstić information content (AvgIpc) is 3.15. The molecule has 2 rings (SSSR count). The van der Waals surface area contributed by atoms with Crippen LogP contribution in [0, 0.1) is 19.8 Å². The Morgan fingerprint density at radius 1 is 1.25 bits per heavy atom. The number of carboxylic acids is 1. The standard InChI is InChI=1S/C16H21NO3/c1-10-7-11(2)9-13(8-10)15(16(19)20)17-14(18)6-5-12-3-4-12/h7-9,12,15H,3-6H2,1-2H3,(H,17,18)(H,19,20). The van der Waals surface area contributed by atoms with Crippen molar-refractivity contribution in [2.75, 3.05) is 0 Å². The molecule has 0 radical (unpaired) electrons. The summed E-state index contributed by atoms with van der Waals surface area (Å²) in [6.45, 7) is 3.84.